The summed E-state index contributed by atoms with van der Waals surface area (Å²) in [7, 11) is 0. The van der Waals surface area contributed by atoms with Crippen molar-refractivity contribution in [2.45, 2.75) is 13.0 Å². The van der Waals surface area contributed by atoms with Crippen LogP contribution in [0.2, 0.25) is 10.0 Å². The van der Waals surface area contributed by atoms with E-state index in [-0.39, 0.29) is 12.4 Å². The molecule has 0 radical (unpaired) electrons. The standard InChI is InChI=1S/C21H14Cl2N6O2/c22-13-2-4-17-15(8-13)18(27-26-17)10-25-20(30)21-29-28-19(31-21)6-11-1-3-16-12(5-11)7-14(23)9-24-16/h1-5,7-9H,6,10H2,(H,25,30)(H,26,27). The van der Waals surface area contributed by atoms with E-state index in [9.17, 15) is 4.79 Å². The second-order valence-electron chi connectivity index (χ2n) is 6.90. The Morgan fingerprint density at radius 1 is 1.03 bits per heavy atom. The lowest BCUT2D eigenvalue weighted by Gasteiger charge is -2.02. The Bertz CT molecular complexity index is 1430. The molecule has 154 valence electrons. The van der Waals surface area contributed by atoms with Crippen molar-refractivity contribution in [3.63, 3.8) is 0 Å². The monoisotopic (exact) mass is 452 g/mol. The van der Waals surface area contributed by atoms with Crippen LogP contribution >= 0.6 is 23.2 Å². The van der Waals surface area contributed by atoms with Gasteiger partial charge in [0.2, 0.25) is 5.89 Å². The number of hydrogen-bond acceptors (Lipinski definition) is 6. The van der Waals surface area contributed by atoms with Crippen molar-refractivity contribution in [1.82, 2.24) is 30.7 Å². The summed E-state index contributed by atoms with van der Waals surface area (Å²) in [5.41, 5.74) is 3.27. The topological polar surface area (TPSA) is 110 Å². The van der Waals surface area contributed by atoms with Crippen molar-refractivity contribution in [2.24, 2.45) is 0 Å². The van der Waals surface area contributed by atoms with Gasteiger partial charge >= 0.3 is 11.8 Å². The summed E-state index contributed by atoms with van der Waals surface area (Å²) in [6, 6.07) is 13.0. The van der Waals surface area contributed by atoms with Crippen LogP contribution in [0, 0.1) is 0 Å². The summed E-state index contributed by atoms with van der Waals surface area (Å²) in [4.78, 5) is 16.7. The minimum absolute atomic E-state index is 0.109. The zero-order valence-corrected chi connectivity index (χ0v) is 17.4. The normalized spacial score (nSPS) is 11.3. The Morgan fingerprint density at radius 2 is 1.90 bits per heavy atom. The van der Waals surface area contributed by atoms with Crippen LogP contribution < -0.4 is 5.32 Å². The number of aromatic amines is 1. The van der Waals surface area contributed by atoms with Gasteiger partial charge in [0.25, 0.3) is 0 Å². The van der Waals surface area contributed by atoms with E-state index in [0.717, 1.165) is 33.1 Å². The lowest BCUT2D eigenvalue weighted by atomic mass is 10.1. The van der Waals surface area contributed by atoms with Crippen LogP contribution in [0.3, 0.4) is 0 Å². The smallest absolute Gasteiger partial charge is 0.309 e. The highest BCUT2D eigenvalue weighted by molar-refractivity contribution is 6.31. The molecule has 0 bridgehead atoms. The SMILES string of the molecule is O=C(NCc1[nH]nc2ccc(Cl)cc12)c1nnc(Cc2ccc3ncc(Cl)cc3c2)o1. The van der Waals surface area contributed by atoms with Gasteiger partial charge in [-0.3, -0.25) is 14.9 Å². The molecule has 0 aliphatic carbocycles. The molecule has 0 saturated heterocycles. The number of halogens is 2. The number of carbonyl (C=O) groups excluding carboxylic acids is 1. The van der Waals surface area contributed by atoms with E-state index in [1.54, 1.807) is 24.4 Å². The molecule has 0 aliphatic heterocycles. The van der Waals surface area contributed by atoms with Crippen molar-refractivity contribution in [2.75, 3.05) is 0 Å². The number of pyridine rings is 1. The van der Waals surface area contributed by atoms with Crippen molar-refractivity contribution in [1.29, 1.82) is 0 Å². The average molecular weight is 453 g/mol. The highest BCUT2D eigenvalue weighted by Gasteiger charge is 2.16. The van der Waals surface area contributed by atoms with E-state index < -0.39 is 5.91 Å². The van der Waals surface area contributed by atoms with Crippen LogP contribution in [0.4, 0.5) is 0 Å². The second-order valence-corrected chi connectivity index (χ2v) is 7.78. The average Bonchev–Trinajstić information content (AvgIpc) is 3.38. The predicted molar refractivity (Wildman–Crippen MR) is 116 cm³/mol. The molecule has 8 nitrogen and oxygen atoms in total. The molecule has 5 aromatic rings. The lowest BCUT2D eigenvalue weighted by molar-refractivity contribution is 0.0914. The number of nitrogens with zero attached hydrogens (tertiary/aromatic N) is 4. The summed E-state index contributed by atoms with van der Waals surface area (Å²) < 4.78 is 5.54. The van der Waals surface area contributed by atoms with Gasteiger partial charge in [0.15, 0.2) is 0 Å². The van der Waals surface area contributed by atoms with E-state index in [0.29, 0.717) is 22.4 Å². The molecule has 10 heteroatoms. The van der Waals surface area contributed by atoms with Gasteiger partial charge in [-0.1, -0.05) is 29.3 Å². The first-order valence-corrected chi connectivity index (χ1v) is 10.1. The van der Waals surface area contributed by atoms with E-state index in [2.05, 4.69) is 30.7 Å². The van der Waals surface area contributed by atoms with Crippen LogP contribution in [0.1, 0.15) is 27.8 Å². The van der Waals surface area contributed by atoms with E-state index in [4.69, 9.17) is 27.6 Å². The predicted octanol–water partition coefficient (Wildman–Crippen LogP) is 4.32. The van der Waals surface area contributed by atoms with Crippen LogP contribution in [0.25, 0.3) is 21.8 Å². The molecule has 0 fully saturated rings. The Balaban J connectivity index is 1.27. The van der Waals surface area contributed by atoms with Gasteiger partial charge in [-0.25, -0.2) is 0 Å². The summed E-state index contributed by atoms with van der Waals surface area (Å²) in [6.07, 6.45) is 1.99. The quantitative estimate of drug-likeness (QED) is 0.410. The van der Waals surface area contributed by atoms with E-state index >= 15 is 0 Å². The molecule has 5 rings (SSSR count). The third-order valence-electron chi connectivity index (χ3n) is 4.75. The number of amides is 1. The Kier molecular flexibility index (Phi) is 5.01. The number of H-pyrrole nitrogens is 1. The number of rotatable bonds is 5. The zero-order valence-electron chi connectivity index (χ0n) is 15.9. The molecule has 0 spiro atoms. The summed E-state index contributed by atoms with van der Waals surface area (Å²) in [6.45, 7) is 0.214. The minimum atomic E-state index is -0.474. The Labute approximate surface area is 185 Å². The maximum absolute atomic E-state index is 12.4. The summed E-state index contributed by atoms with van der Waals surface area (Å²) in [5.74, 6) is -0.251. The minimum Gasteiger partial charge on any atom is -0.417 e. The molecule has 0 unspecified atom stereocenters. The molecule has 0 atom stereocenters. The fourth-order valence-electron chi connectivity index (χ4n) is 3.27. The Hall–Kier alpha value is -3.49. The Morgan fingerprint density at radius 3 is 2.81 bits per heavy atom. The number of carbonyl (C=O) groups is 1. The van der Waals surface area contributed by atoms with Gasteiger partial charge in [0, 0.05) is 22.0 Å². The van der Waals surface area contributed by atoms with Gasteiger partial charge < -0.3 is 9.73 Å². The highest BCUT2D eigenvalue weighted by atomic mass is 35.5. The van der Waals surface area contributed by atoms with E-state index in [1.807, 2.05) is 24.3 Å². The van der Waals surface area contributed by atoms with Gasteiger partial charge in [0.1, 0.15) is 0 Å². The first-order valence-electron chi connectivity index (χ1n) is 9.32. The van der Waals surface area contributed by atoms with Gasteiger partial charge in [-0.05, 0) is 42.0 Å². The lowest BCUT2D eigenvalue weighted by Crippen LogP contribution is -2.23. The molecule has 0 aliphatic rings. The van der Waals surface area contributed by atoms with E-state index in [1.165, 1.54) is 0 Å². The van der Waals surface area contributed by atoms with Crippen molar-refractivity contribution >= 4 is 50.9 Å². The van der Waals surface area contributed by atoms with Crippen molar-refractivity contribution < 1.29 is 9.21 Å². The van der Waals surface area contributed by atoms with Crippen LogP contribution in [-0.4, -0.2) is 31.3 Å². The number of hydrogen-bond donors (Lipinski definition) is 2. The van der Waals surface area contributed by atoms with Gasteiger partial charge in [-0.2, -0.15) is 5.10 Å². The van der Waals surface area contributed by atoms with Gasteiger partial charge in [0.05, 0.1) is 34.7 Å². The van der Waals surface area contributed by atoms with Crippen LogP contribution in [0.15, 0.2) is 53.1 Å². The molecule has 3 aromatic heterocycles. The number of fused-ring (bicyclic) bond motifs is 2. The fourth-order valence-corrected chi connectivity index (χ4v) is 3.61. The first kappa shape index (κ1) is 19.5. The molecule has 2 N–H and O–H groups in total. The van der Waals surface area contributed by atoms with Crippen LogP contribution in [-0.2, 0) is 13.0 Å². The number of benzene rings is 2. The molecule has 2 aromatic carbocycles. The van der Waals surface area contributed by atoms with Crippen LogP contribution in [0.5, 0.6) is 0 Å². The van der Waals surface area contributed by atoms with Crippen molar-refractivity contribution in [3.8, 4) is 0 Å². The van der Waals surface area contributed by atoms with Crippen molar-refractivity contribution in [3.05, 3.63) is 81.7 Å². The second kappa shape index (κ2) is 7.98. The zero-order chi connectivity index (χ0) is 21.4. The number of aromatic nitrogens is 5. The molecule has 1 amide bonds. The maximum Gasteiger partial charge on any atom is 0.309 e. The molecule has 0 saturated carbocycles. The summed E-state index contributed by atoms with van der Waals surface area (Å²) in [5, 5.41) is 20.6. The molecular formula is C21H14Cl2N6O2. The first-order chi connectivity index (χ1) is 15.0. The molecule has 3 heterocycles. The third-order valence-corrected chi connectivity index (χ3v) is 5.19. The number of nitrogens with one attached hydrogen (secondary N) is 2. The largest absolute Gasteiger partial charge is 0.417 e. The highest BCUT2D eigenvalue weighted by Crippen LogP contribution is 2.21. The molecule has 31 heavy (non-hydrogen) atoms. The third kappa shape index (κ3) is 4.08. The molecular weight excluding hydrogens is 439 g/mol. The maximum atomic E-state index is 12.4. The summed E-state index contributed by atoms with van der Waals surface area (Å²) >= 11 is 12.1. The fraction of sp³-hybridized carbons (Fsp3) is 0.0952. The van der Waals surface area contributed by atoms with Gasteiger partial charge in [-0.15, -0.1) is 10.2 Å².